The Morgan fingerprint density at radius 3 is 2.75 bits per heavy atom. The van der Waals surface area contributed by atoms with Crippen molar-refractivity contribution in [2.75, 3.05) is 13.2 Å². The average molecular weight is 460 g/mol. The molecule has 24 heavy (non-hydrogen) atoms. The summed E-state index contributed by atoms with van der Waals surface area (Å²) in [6, 6.07) is 3.85. The summed E-state index contributed by atoms with van der Waals surface area (Å²) in [5.74, 6) is 1.13. The van der Waals surface area contributed by atoms with Crippen molar-refractivity contribution in [2.45, 2.75) is 25.9 Å². The van der Waals surface area contributed by atoms with Gasteiger partial charge in [0, 0.05) is 16.0 Å². The van der Waals surface area contributed by atoms with Crippen molar-refractivity contribution in [1.29, 1.82) is 0 Å². The number of ether oxygens (including phenoxy) is 2. The van der Waals surface area contributed by atoms with Gasteiger partial charge in [0.1, 0.15) is 12.4 Å². The van der Waals surface area contributed by atoms with Gasteiger partial charge in [-0.1, -0.05) is 35.9 Å². The van der Waals surface area contributed by atoms with Gasteiger partial charge in [0.2, 0.25) is 0 Å². The van der Waals surface area contributed by atoms with Crippen molar-refractivity contribution in [2.24, 2.45) is 11.8 Å². The van der Waals surface area contributed by atoms with Gasteiger partial charge in [-0.25, -0.2) is 15.2 Å². The molecular formula is C17H20Br2N2O3. The molecule has 0 saturated carbocycles. The molecule has 2 aliphatic heterocycles. The van der Waals surface area contributed by atoms with E-state index in [4.69, 9.17) is 9.47 Å². The maximum Gasteiger partial charge on any atom is 0.424 e. The van der Waals surface area contributed by atoms with E-state index in [-0.39, 0.29) is 24.1 Å². The van der Waals surface area contributed by atoms with Crippen LogP contribution in [0.1, 0.15) is 25.5 Å². The minimum atomic E-state index is -0.335. The first-order valence-electron chi connectivity index (χ1n) is 7.88. The number of cyclic esters (lactones) is 1. The Morgan fingerprint density at radius 1 is 1.33 bits per heavy atom. The second-order valence-corrected chi connectivity index (χ2v) is 8.15. The number of benzene rings is 1. The molecular weight excluding hydrogens is 440 g/mol. The highest BCUT2D eigenvalue weighted by molar-refractivity contribution is 9.11. The van der Waals surface area contributed by atoms with Gasteiger partial charge in [-0.2, -0.15) is 0 Å². The zero-order chi connectivity index (χ0) is 17.4. The molecule has 1 fully saturated rings. The molecule has 1 amide bonds. The Morgan fingerprint density at radius 2 is 2.08 bits per heavy atom. The predicted octanol–water partition coefficient (Wildman–Crippen LogP) is 4.43. The van der Waals surface area contributed by atoms with E-state index in [0.717, 1.165) is 20.3 Å². The lowest BCUT2D eigenvalue weighted by molar-refractivity contribution is 0.0963. The Labute approximate surface area is 158 Å². The molecule has 1 saturated heterocycles. The number of hydrogen-bond acceptors (Lipinski definition) is 4. The summed E-state index contributed by atoms with van der Waals surface area (Å²) < 4.78 is 13.0. The Kier molecular flexibility index (Phi) is 5.22. The summed E-state index contributed by atoms with van der Waals surface area (Å²) in [7, 11) is 0. The van der Waals surface area contributed by atoms with Gasteiger partial charge in [-0.3, -0.25) is 0 Å². The zero-order valence-corrected chi connectivity index (χ0v) is 16.8. The van der Waals surface area contributed by atoms with E-state index in [9.17, 15) is 4.79 Å². The number of carbonyl (C=O) groups excluding carboxylic acids is 1. The van der Waals surface area contributed by atoms with Crippen molar-refractivity contribution in [3.63, 3.8) is 0 Å². The number of amides is 1. The molecule has 1 N–H and O–H groups in total. The molecule has 5 nitrogen and oxygen atoms in total. The highest BCUT2D eigenvalue weighted by atomic mass is 79.9. The van der Waals surface area contributed by atoms with Crippen LogP contribution in [0, 0.1) is 11.8 Å². The normalized spacial score (nSPS) is 26.1. The number of hydrogen-bond donors (Lipinski definition) is 1. The van der Waals surface area contributed by atoms with E-state index in [1.54, 1.807) is 5.01 Å². The largest absolute Gasteiger partial charge is 0.491 e. The third-order valence-electron chi connectivity index (χ3n) is 4.48. The van der Waals surface area contributed by atoms with Crippen molar-refractivity contribution >= 4 is 38.0 Å². The third-order valence-corrected chi connectivity index (χ3v) is 5.52. The lowest BCUT2D eigenvalue weighted by Gasteiger charge is -2.37. The van der Waals surface area contributed by atoms with Gasteiger partial charge in [0.15, 0.2) is 0 Å². The maximum atomic E-state index is 12.2. The highest BCUT2D eigenvalue weighted by Gasteiger charge is 2.40. The molecule has 0 aromatic heterocycles. The van der Waals surface area contributed by atoms with Crippen LogP contribution in [0.15, 0.2) is 33.7 Å². The maximum absolute atomic E-state index is 12.2. The number of hydrazine groups is 1. The standard InChI is InChI=1S/C17H20Br2N2O3/c1-4-10-7-23-16-12(5-11(18)6-13(16)19)15(10)20-21-14(9(2)3)8-24-17(21)22/h4-6,9-10,14-15,20H,1,7-8H2,2-3H3/t10-,14+,15-/m0/s1. The third kappa shape index (κ3) is 3.21. The highest BCUT2D eigenvalue weighted by Crippen LogP contribution is 2.43. The van der Waals surface area contributed by atoms with Gasteiger partial charge in [0.25, 0.3) is 0 Å². The fourth-order valence-electron chi connectivity index (χ4n) is 3.06. The summed E-state index contributed by atoms with van der Waals surface area (Å²) in [5.41, 5.74) is 4.36. The summed E-state index contributed by atoms with van der Waals surface area (Å²) in [5, 5.41) is 1.62. The lowest BCUT2D eigenvalue weighted by atomic mass is 9.91. The number of halogens is 2. The van der Waals surface area contributed by atoms with E-state index in [1.807, 2.05) is 18.2 Å². The summed E-state index contributed by atoms with van der Waals surface area (Å²) >= 11 is 7.07. The SMILES string of the molecule is C=C[C@H]1COc2c(Br)cc(Br)cc2[C@H]1NN1C(=O)OC[C@@H]1C(C)C. The quantitative estimate of drug-likeness (QED) is 0.676. The lowest BCUT2D eigenvalue weighted by Crippen LogP contribution is -2.51. The first-order valence-corrected chi connectivity index (χ1v) is 9.47. The van der Waals surface area contributed by atoms with Crippen LogP contribution >= 0.6 is 31.9 Å². The molecule has 0 unspecified atom stereocenters. The van der Waals surface area contributed by atoms with Crippen molar-refractivity contribution in [3.05, 3.63) is 39.3 Å². The molecule has 0 spiro atoms. The van der Waals surface area contributed by atoms with E-state index >= 15 is 0 Å². The number of fused-ring (bicyclic) bond motifs is 1. The van der Waals surface area contributed by atoms with Crippen LogP contribution in [0.25, 0.3) is 0 Å². The smallest absolute Gasteiger partial charge is 0.424 e. The summed E-state index contributed by atoms with van der Waals surface area (Å²) in [6.07, 6.45) is 1.53. The second-order valence-electron chi connectivity index (χ2n) is 6.38. The van der Waals surface area contributed by atoms with Gasteiger partial charge in [-0.15, -0.1) is 6.58 Å². The van der Waals surface area contributed by atoms with Crippen molar-refractivity contribution in [3.8, 4) is 5.75 Å². The van der Waals surface area contributed by atoms with Crippen LogP contribution in [-0.2, 0) is 4.74 Å². The topological polar surface area (TPSA) is 50.8 Å². The average Bonchev–Trinajstić information content (AvgIpc) is 2.89. The van der Waals surface area contributed by atoms with E-state index in [1.165, 1.54) is 0 Å². The van der Waals surface area contributed by atoms with E-state index < -0.39 is 0 Å². The molecule has 0 aliphatic carbocycles. The first kappa shape index (κ1) is 17.8. The monoisotopic (exact) mass is 458 g/mol. The first-order chi connectivity index (χ1) is 11.4. The summed E-state index contributed by atoms with van der Waals surface area (Å²) in [4.78, 5) is 12.2. The molecule has 0 radical (unpaired) electrons. The van der Waals surface area contributed by atoms with Crippen LogP contribution in [0.3, 0.4) is 0 Å². The van der Waals surface area contributed by atoms with Crippen LogP contribution in [-0.4, -0.2) is 30.4 Å². The molecule has 0 bridgehead atoms. The van der Waals surface area contributed by atoms with Gasteiger partial charge in [-0.05, 0) is 34.0 Å². The molecule has 1 aromatic rings. The summed E-state index contributed by atoms with van der Waals surface area (Å²) in [6.45, 7) is 8.99. The zero-order valence-electron chi connectivity index (χ0n) is 13.6. The van der Waals surface area contributed by atoms with Crippen molar-refractivity contribution in [1.82, 2.24) is 10.4 Å². The van der Waals surface area contributed by atoms with Gasteiger partial charge >= 0.3 is 6.09 Å². The van der Waals surface area contributed by atoms with Gasteiger partial charge < -0.3 is 9.47 Å². The molecule has 3 atom stereocenters. The minimum absolute atomic E-state index is 0.00449. The van der Waals surface area contributed by atoms with Crippen LogP contribution in [0.5, 0.6) is 5.75 Å². The fraction of sp³-hybridized carbons (Fsp3) is 0.471. The number of nitrogens with zero attached hydrogens (tertiary/aromatic N) is 1. The minimum Gasteiger partial charge on any atom is -0.491 e. The molecule has 3 rings (SSSR count). The molecule has 2 aliphatic rings. The van der Waals surface area contributed by atoms with Crippen LogP contribution < -0.4 is 10.2 Å². The molecule has 2 heterocycles. The van der Waals surface area contributed by atoms with Gasteiger partial charge in [0.05, 0.1) is 23.2 Å². The van der Waals surface area contributed by atoms with E-state index in [0.29, 0.717) is 19.1 Å². The molecule has 7 heteroatoms. The Balaban J connectivity index is 1.96. The number of nitrogens with one attached hydrogen (secondary N) is 1. The molecule has 1 aromatic carbocycles. The van der Waals surface area contributed by atoms with E-state index in [2.05, 4.69) is 57.7 Å². The Bertz CT molecular complexity index is 665. The number of rotatable bonds is 4. The van der Waals surface area contributed by atoms with Crippen LogP contribution in [0.4, 0.5) is 4.79 Å². The molecule has 130 valence electrons. The second kappa shape index (κ2) is 7.06. The van der Waals surface area contributed by atoms with Crippen molar-refractivity contribution < 1.29 is 14.3 Å². The fourth-order valence-corrected chi connectivity index (χ4v) is 4.44. The van der Waals surface area contributed by atoms with Crippen LogP contribution in [0.2, 0.25) is 0 Å². The number of carbonyl (C=O) groups is 1. The predicted molar refractivity (Wildman–Crippen MR) is 98.7 cm³/mol. The Hall–Kier alpha value is -1.05.